The van der Waals surface area contributed by atoms with Crippen molar-refractivity contribution in [3.05, 3.63) is 0 Å². The zero-order valence-corrected chi connectivity index (χ0v) is 11.4. The lowest BCUT2D eigenvalue weighted by molar-refractivity contribution is 0.148. The highest BCUT2D eigenvalue weighted by molar-refractivity contribution is 4.78. The lowest BCUT2D eigenvalue weighted by Crippen LogP contribution is -2.39. The summed E-state index contributed by atoms with van der Waals surface area (Å²) in [6, 6.07) is 0.821. The Morgan fingerprint density at radius 3 is 2.38 bits per heavy atom. The Morgan fingerprint density at radius 1 is 1.25 bits per heavy atom. The third-order valence-electron chi connectivity index (χ3n) is 4.19. The van der Waals surface area contributed by atoms with E-state index in [9.17, 15) is 0 Å². The minimum absolute atomic E-state index is 0.703. The molecule has 0 amide bonds. The molecule has 1 fully saturated rings. The van der Waals surface area contributed by atoms with Crippen molar-refractivity contribution in [3.63, 3.8) is 0 Å². The van der Waals surface area contributed by atoms with Gasteiger partial charge in [-0.2, -0.15) is 0 Å². The van der Waals surface area contributed by atoms with Gasteiger partial charge in [-0.1, -0.05) is 20.3 Å². The molecule has 16 heavy (non-hydrogen) atoms. The van der Waals surface area contributed by atoms with Gasteiger partial charge in [-0.25, -0.2) is 0 Å². The van der Waals surface area contributed by atoms with E-state index in [1.54, 1.807) is 0 Å². The molecule has 2 heteroatoms. The van der Waals surface area contributed by atoms with Crippen molar-refractivity contribution >= 4 is 0 Å². The molecule has 0 aromatic heterocycles. The van der Waals surface area contributed by atoms with Crippen molar-refractivity contribution in [2.75, 3.05) is 20.1 Å². The predicted molar refractivity (Wildman–Crippen MR) is 71.5 cm³/mol. The van der Waals surface area contributed by atoms with Crippen LogP contribution < -0.4 is 5.73 Å². The van der Waals surface area contributed by atoms with Crippen molar-refractivity contribution in [2.45, 2.75) is 58.4 Å². The van der Waals surface area contributed by atoms with Gasteiger partial charge in [0.05, 0.1) is 0 Å². The third kappa shape index (κ3) is 4.42. The topological polar surface area (TPSA) is 29.3 Å². The van der Waals surface area contributed by atoms with Crippen LogP contribution >= 0.6 is 0 Å². The molecule has 0 aromatic rings. The van der Waals surface area contributed by atoms with Gasteiger partial charge >= 0.3 is 0 Å². The molecule has 1 rings (SSSR count). The summed E-state index contributed by atoms with van der Waals surface area (Å²) in [5.41, 5.74) is 5.83. The number of rotatable bonds is 6. The maximum absolute atomic E-state index is 5.83. The summed E-state index contributed by atoms with van der Waals surface area (Å²) in [6.07, 6.45) is 8.15. The molecule has 0 spiro atoms. The van der Waals surface area contributed by atoms with Crippen LogP contribution in [0.5, 0.6) is 0 Å². The Kier molecular flexibility index (Phi) is 6.37. The van der Waals surface area contributed by atoms with Crippen LogP contribution in [0.4, 0.5) is 0 Å². The molecule has 0 bridgehead atoms. The number of nitrogens with zero attached hydrogens (tertiary/aromatic N) is 1. The second-order valence-corrected chi connectivity index (χ2v) is 5.74. The molecule has 96 valence electrons. The van der Waals surface area contributed by atoms with Crippen LogP contribution in [0.1, 0.15) is 52.4 Å². The Hall–Kier alpha value is -0.0800. The van der Waals surface area contributed by atoms with Crippen LogP contribution in [0.25, 0.3) is 0 Å². The zero-order valence-electron chi connectivity index (χ0n) is 11.4. The second kappa shape index (κ2) is 7.29. The summed E-state index contributed by atoms with van der Waals surface area (Å²) in [5, 5.41) is 0. The van der Waals surface area contributed by atoms with Crippen LogP contribution in [-0.4, -0.2) is 31.1 Å². The average Bonchev–Trinajstić information content (AvgIpc) is 2.29. The Labute approximate surface area is 102 Å². The van der Waals surface area contributed by atoms with Crippen molar-refractivity contribution in [2.24, 2.45) is 17.6 Å². The van der Waals surface area contributed by atoms with E-state index < -0.39 is 0 Å². The van der Waals surface area contributed by atoms with Crippen molar-refractivity contribution in [3.8, 4) is 0 Å². The lowest BCUT2D eigenvalue weighted by atomic mass is 9.86. The van der Waals surface area contributed by atoms with E-state index in [0.717, 1.165) is 18.5 Å². The SMILES string of the molecule is CCCC(CN)CN(C)C1CCC(C)CC1. The van der Waals surface area contributed by atoms with Gasteiger partial charge in [0.1, 0.15) is 0 Å². The van der Waals surface area contributed by atoms with Gasteiger partial charge in [-0.15, -0.1) is 0 Å². The third-order valence-corrected chi connectivity index (χ3v) is 4.19. The van der Waals surface area contributed by atoms with Gasteiger partial charge < -0.3 is 10.6 Å². The van der Waals surface area contributed by atoms with Gasteiger partial charge in [-0.05, 0) is 57.5 Å². The lowest BCUT2D eigenvalue weighted by Gasteiger charge is -2.35. The van der Waals surface area contributed by atoms with E-state index in [-0.39, 0.29) is 0 Å². The summed E-state index contributed by atoms with van der Waals surface area (Å²) in [7, 11) is 2.29. The van der Waals surface area contributed by atoms with E-state index in [1.165, 1.54) is 45.1 Å². The molecular weight excluding hydrogens is 196 g/mol. The van der Waals surface area contributed by atoms with E-state index in [2.05, 4.69) is 25.8 Å². The minimum atomic E-state index is 0.703. The summed E-state index contributed by atoms with van der Waals surface area (Å²) < 4.78 is 0. The van der Waals surface area contributed by atoms with Crippen LogP contribution in [0.15, 0.2) is 0 Å². The molecule has 0 aliphatic heterocycles. The Morgan fingerprint density at radius 2 is 1.88 bits per heavy atom. The van der Waals surface area contributed by atoms with E-state index in [0.29, 0.717) is 5.92 Å². The first-order valence-corrected chi connectivity index (χ1v) is 7.07. The maximum atomic E-state index is 5.83. The fraction of sp³-hybridized carbons (Fsp3) is 1.00. The molecule has 0 heterocycles. The first-order valence-electron chi connectivity index (χ1n) is 7.07. The van der Waals surface area contributed by atoms with Gasteiger partial charge in [0.15, 0.2) is 0 Å². The summed E-state index contributed by atoms with van der Waals surface area (Å²) in [6.45, 7) is 6.69. The summed E-state index contributed by atoms with van der Waals surface area (Å²) in [5.74, 6) is 1.65. The van der Waals surface area contributed by atoms with Crippen LogP contribution in [0.3, 0.4) is 0 Å². The zero-order chi connectivity index (χ0) is 12.0. The molecule has 1 aliphatic carbocycles. The van der Waals surface area contributed by atoms with Crippen LogP contribution in [0.2, 0.25) is 0 Å². The van der Waals surface area contributed by atoms with Crippen molar-refractivity contribution < 1.29 is 0 Å². The predicted octanol–water partition coefficient (Wildman–Crippen LogP) is 2.87. The largest absolute Gasteiger partial charge is 0.330 e. The van der Waals surface area contributed by atoms with Crippen molar-refractivity contribution in [1.82, 2.24) is 4.90 Å². The minimum Gasteiger partial charge on any atom is -0.330 e. The van der Waals surface area contributed by atoms with Crippen molar-refractivity contribution in [1.29, 1.82) is 0 Å². The first kappa shape index (κ1) is 14.0. The monoisotopic (exact) mass is 226 g/mol. The van der Waals surface area contributed by atoms with Crippen LogP contribution in [0, 0.1) is 11.8 Å². The normalized spacial score (nSPS) is 28.3. The van der Waals surface area contributed by atoms with Gasteiger partial charge in [0, 0.05) is 12.6 Å². The highest BCUT2D eigenvalue weighted by Crippen LogP contribution is 2.27. The number of nitrogens with two attached hydrogens (primary N) is 1. The Bertz CT molecular complexity index is 174. The van der Waals surface area contributed by atoms with Gasteiger partial charge in [0.2, 0.25) is 0 Å². The first-order chi connectivity index (χ1) is 7.67. The Balaban J connectivity index is 2.30. The van der Waals surface area contributed by atoms with Gasteiger partial charge in [-0.3, -0.25) is 0 Å². The summed E-state index contributed by atoms with van der Waals surface area (Å²) >= 11 is 0. The molecule has 0 radical (unpaired) electrons. The smallest absolute Gasteiger partial charge is 0.00925 e. The molecule has 2 nitrogen and oxygen atoms in total. The second-order valence-electron chi connectivity index (χ2n) is 5.74. The fourth-order valence-corrected chi connectivity index (χ4v) is 2.93. The highest BCUT2D eigenvalue weighted by atomic mass is 15.1. The van der Waals surface area contributed by atoms with E-state index >= 15 is 0 Å². The molecule has 1 unspecified atom stereocenters. The van der Waals surface area contributed by atoms with E-state index in [1.807, 2.05) is 0 Å². The molecule has 1 atom stereocenters. The molecular formula is C14H30N2. The maximum Gasteiger partial charge on any atom is 0.00925 e. The number of hydrogen-bond acceptors (Lipinski definition) is 2. The quantitative estimate of drug-likeness (QED) is 0.754. The van der Waals surface area contributed by atoms with E-state index in [4.69, 9.17) is 5.73 Å². The highest BCUT2D eigenvalue weighted by Gasteiger charge is 2.22. The van der Waals surface area contributed by atoms with Gasteiger partial charge in [0.25, 0.3) is 0 Å². The standard InChI is InChI=1S/C14H30N2/c1-4-5-13(10-15)11-16(3)14-8-6-12(2)7-9-14/h12-14H,4-11,15H2,1-3H3. The molecule has 1 aliphatic rings. The molecule has 0 saturated heterocycles. The molecule has 0 aromatic carbocycles. The number of hydrogen-bond donors (Lipinski definition) is 1. The van der Waals surface area contributed by atoms with Crippen LogP contribution in [-0.2, 0) is 0 Å². The summed E-state index contributed by atoms with van der Waals surface area (Å²) in [4.78, 5) is 2.57. The average molecular weight is 226 g/mol. The fourth-order valence-electron chi connectivity index (χ4n) is 2.93. The molecule has 2 N–H and O–H groups in total. The molecule has 1 saturated carbocycles.